The first kappa shape index (κ1) is 17.1. The number of carbonyl (C=O) groups is 1. The summed E-state index contributed by atoms with van der Waals surface area (Å²) in [5.74, 6) is 0.476. The van der Waals surface area contributed by atoms with Crippen LogP contribution in [0.15, 0.2) is 30.9 Å². The Bertz CT molecular complexity index is 869. The molecule has 1 amide bonds. The van der Waals surface area contributed by atoms with Crippen molar-refractivity contribution in [2.45, 2.75) is 32.9 Å². The topological polar surface area (TPSA) is 86.3 Å². The van der Waals surface area contributed by atoms with Gasteiger partial charge in [0.15, 0.2) is 5.82 Å². The number of nitrogens with zero attached hydrogens (tertiary/aromatic N) is 5. The van der Waals surface area contributed by atoms with Gasteiger partial charge in [0.25, 0.3) is 5.91 Å². The van der Waals surface area contributed by atoms with E-state index in [0.29, 0.717) is 18.1 Å². The molecular weight excluding hydrogens is 320 g/mol. The number of aryl methyl sites for hydroxylation is 2. The minimum Gasteiger partial charge on any atom is -0.385 e. The lowest BCUT2D eigenvalue weighted by molar-refractivity contribution is 0.0933. The molecule has 0 bridgehead atoms. The lowest BCUT2D eigenvalue weighted by atomic mass is 10.3. The highest BCUT2D eigenvalue weighted by atomic mass is 16.5. The van der Waals surface area contributed by atoms with Crippen molar-refractivity contribution < 1.29 is 9.53 Å². The Labute approximate surface area is 145 Å². The van der Waals surface area contributed by atoms with Crippen LogP contribution in [0.5, 0.6) is 0 Å². The van der Waals surface area contributed by atoms with E-state index in [9.17, 15) is 4.79 Å². The maximum absolute atomic E-state index is 12.5. The average Bonchev–Trinajstić information content (AvgIpc) is 3.21. The average molecular weight is 342 g/mol. The largest absolute Gasteiger partial charge is 0.385 e. The molecule has 1 atom stereocenters. The fraction of sp³-hybridized carbons (Fsp3) is 0.412. The third kappa shape index (κ3) is 3.85. The maximum atomic E-state index is 12.5. The smallest absolute Gasteiger partial charge is 0.272 e. The van der Waals surface area contributed by atoms with Crippen LogP contribution < -0.4 is 5.32 Å². The van der Waals surface area contributed by atoms with Gasteiger partial charge in [-0.3, -0.25) is 4.79 Å². The second kappa shape index (κ2) is 7.43. The maximum Gasteiger partial charge on any atom is 0.272 e. The summed E-state index contributed by atoms with van der Waals surface area (Å²) in [5.41, 5.74) is 2.23. The molecule has 0 unspecified atom stereocenters. The lowest BCUT2D eigenvalue weighted by Gasteiger charge is -2.14. The van der Waals surface area contributed by atoms with Crippen LogP contribution in [0.3, 0.4) is 0 Å². The quantitative estimate of drug-likeness (QED) is 0.661. The molecule has 3 heterocycles. The molecule has 25 heavy (non-hydrogen) atoms. The Morgan fingerprint density at radius 2 is 2.20 bits per heavy atom. The number of hydrogen-bond donors (Lipinski definition) is 1. The van der Waals surface area contributed by atoms with Crippen molar-refractivity contribution in [1.82, 2.24) is 29.5 Å². The standard InChI is InChI=1S/C17H22N6O2/c1-12-5-6-15-20-14(10-23(15)9-12)17(24)19-13(2)16-21-18-11-22(16)7-4-8-25-3/h5-6,9-11,13H,4,7-8H2,1-3H3,(H,19,24)/t13-/m0/s1. The fourth-order valence-corrected chi connectivity index (χ4v) is 2.70. The summed E-state index contributed by atoms with van der Waals surface area (Å²) in [5, 5.41) is 11.0. The van der Waals surface area contributed by atoms with Gasteiger partial charge in [0.1, 0.15) is 17.7 Å². The lowest BCUT2D eigenvalue weighted by Crippen LogP contribution is -2.29. The molecule has 0 fully saturated rings. The summed E-state index contributed by atoms with van der Waals surface area (Å²) >= 11 is 0. The predicted octanol–water partition coefficient (Wildman–Crippen LogP) is 1.76. The molecule has 0 aliphatic rings. The van der Waals surface area contributed by atoms with Crippen molar-refractivity contribution in [2.24, 2.45) is 0 Å². The number of pyridine rings is 1. The second-order valence-electron chi connectivity index (χ2n) is 6.02. The summed E-state index contributed by atoms with van der Waals surface area (Å²) < 4.78 is 8.84. The minimum absolute atomic E-state index is 0.236. The number of nitrogens with one attached hydrogen (secondary N) is 1. The van der Waals surface area contributed by atoms with Crippen LogP contribution in [0.4, 0.5) is 0 Å². The third-order valence-electron chi connectivity index (χ3n) is 3.96. The number of ether oxygens (including phenoxy) is 1. The van der Waals surface area contributed by atoms with E-state index in [-0.39, 0.29) is 11.9 Å². The molecule has 3 rings (SSSR count). The summed E-state index contributed by atoms with van der Waals surface area (Å²) in [7, 11) is 1.67. The van der Waals surface area contributed by atoms with E-state index >= 15 is 0 Å². The fourth-order valence-electron chi connectivity index (χ4n) is 2.70. The van der Waals surface area contributed by atoms with Gasteiger partial charge < -0.3 is 19.0 Å². The van der Waals surface area contributed by atoms with Crippen LogP contribution >= 0.6 is 0 Å². The second-order valence-corrected chi connectivity index (χ2v) is 6.02. The van der Waals surface area contributed by atoms with Crippen LogP contribution in [-0.2, 0) is 11.3 Å². The first-order chi connectivity index (χ1) is 12.1. The highest BCUT2D eigenvalue weighted by Gasteiger charge is 2.18. The monoisotopic (exact) mass is 342 g/mol. The molecule has 8 heteroatoms. The number of fused-ring (bicyclic) bond motifs is 1. The Morgan fingerprint density at radius 3 is 3.00 bits per heavy atom. The zero-order chi connectivity index (χ0) is 17.8. The Balaban J connectivity index is 1.70. The summed E-state index contributed by atoms with van der Waals surface area (Å²) in [6.45, 7) is 5.29. The van der Waals surface area contributed by atoms with Gasteiger partial charge in [0, 0.05) is 32.7 Å². The number of amides is 1. The number of rotatable bonds is 7. The van der Waals surface area contributed by atoms with Crippen LogP contribution in [0.25, 0.3) is 5.65 Å². The molecule has 0 aromatic carbocycles. The van der Waals surface area contributed by atoms with E-state index < -0.39 is 0 Å². The Kier molecular flexibility index (Phi) is 5.08. The van der Waals surface area contributed by atoms with E-state index in [1.807, 2.05) is 41.1 Å². The van der Waals surface area contributed by atoms with Crippen molar-refractivity contribution in [2.75, 3.05) is 13.7 Å². The van der Waals surface area contributed by atoms with E-state index in [0.717, 1.165) is 24.2 Å². The molecule has 3 aromatic heterocycles. The normalized spacial score (nSPS) is 12.4. The van der Waals surface area contributed by atoms with Crippen molar-refractivity contribution in [3.8, 4) is 0 Å². The molecule has 3 aromatic rings. The molecular formula is C17H22N6O2. The van der Waals surface area contributed by atoms with Gasteiger partial charge in [0.2, 0.25) is 0 Å². The molecule has 0 saturated carbocycles. The van der Waals surface area contributed by atoms with Crippen LogP contribution in [-0.4, -0.2) is 43.8 Å². The summed E-state index contributed by atoms with van der Waals surface area (Å²) in [6.07, 6.45) is 6.19. The highest BCUT2D eigenvalue weighted by molar-refractivity contribution is 5.93. The molecule has 0 radical (unpaired) electrons. The van der Waals surface area contributed by atoms with Gasteiger partial charge in [-0.1, -0.05) is 6.07 Å². The summed E-state index contributed by atoms with van der Waals surface area (Å²) in [4.78, 5) is 16.9. The van der Waals surface area contributed by atoms with E-state index in [2.05, 4.69) is 20.5 Å². The van der Waals surface area contributed by atoms with E-state index in [4.69, 9.17) is 4.74 Å². The van der Waals surface area contributed by atoms with Gasteiger partial charge >= 0.3 is 0 Å². The third-order valence-corrected chi connectivity index (χ3v) is 3.96. The minimum atomic E-state index is -0.274. The molecule has 8 nitrogen and oxygen atoms in total. The van der Waals surface area contributed by atoms with Crippen molar-refractivity contribution >= 4 is 11.6 Å². The van der Waals surface area contributed by atoms with Gasteiger partial charge in [0.05, 0.1) is 6.04 Å². The van der Waals surface area contributed by atoms with Crippen molar-refractivity contribution in [3.05, 3.63) is 47.9 Å². The SMILES string of the molecule is COCCCn1cnnc1[C@H](C)NC(=O)c1cn2cc(C)ccc2n1. The molecule has 0 aliphatic heterocycles. The van der Waals surface area contributed by atoms with Gasteiger partial charge in [-0.05, 0) is 31.9 Å². The number of imidazole rings is 1. The van der Waals surface area contributed by atoms with Crippen molar-refractivity contribution in [1.29, 1.82) is 0 Å². The first-order valence-corrected chi connectivity index (χ1v) is 8.21. The Morgan fingerprint density at radius 1 is 1.36 bits per heavy atom. The summed E-state index contributed by atoms with van der Waals surface area (Å²) in [6, 6.07) is 3.58. The molecule has 132 valence electrons. The zero-order valence-electron chi connectivity index (χ0n) is 14.6. The van der Waals surface area contributed by atoms with Gasteiger partial charge in [-0.15, -0.1) is 10.2 Å². The molecule has 0 spiro atoms. The molecule has 0 saturated heterocycles. The Hall–Kier alpha value is -2.74. The van der Waals surface area contributed by atoms with Gasteiger partial charge in [-0.25, -0.2) is 4.98 Å². The predicted molar refractivity (Wildman–Crippen MR) is 92.3 cm³/mol. The molecule has 1 N–H and O–H groups in total. The van der Waals surface area contributed by atoms with Crippen molar-refractivity contribution in [3.63, 3.8) is 0 Å². The first-order valence-electron chi connectivity index (χ1n) is 8.21. The van der Waals surface area contributed by atoms with Crippen LogP contribution in [0, 0.1) is 6.92 Å². The van der Waals surface area contributed by atoms with E-state index in [1.165, 1.54) is 0 Å². The van der Waals surface area contributed by atoms with E-state index in [1.54, 1.807) is 19.6 Å². The number of hydrogen-bond acceptors (Lipinski definition) is 5. The van der Waals surface area contributed by atoms with Crippen LogP contribution in [0.1, 0.15) is 41.3 Å². The number of methoxy groups -OCH3 is 1. The zero-order valence-corrected chi connectivity index (χ0v) is 14.6. The molecule has 0 aliphatic carbocycles. The van der Waals surface area contributed by atoms with Crippen LogP contribution in [0.2, 0.25) is 0 Å². The highest BCUT2D eigenvalue weighted by Crippen LogP contribution is 2.12. The van der Waals surface area contributed by atoms with Gasteiger partial charge in [-0.2, -0.15) is 0 Å². The number of carbonyl (C=O) groups excluding carboxylic acids is 1. The number of aromatic nitrogens is 5.